The lowest BCUT2D eigenvalue weighted by molar-refractivity contribution is -0.141. The molecule has 3 rings (SSSR count). The third-order valence-corrected chi connectivity index (χ3v) is 4.55. The van der Waals surface area contributed by atoms with Crippen molar-refractivity contribution in [1.82, 2.24) is 15.6 Å². The Balaban J connectivity index is 1.65. The number of benzene rings is 1. The van der Waals surface area contributed by atoms with Gasteiger partial charge in [0, 0.05) is 42.9 Å². The van der Waals surface area contributed by atoms with Crippen molar-refractivity contribution in [2.45, 2.75) is 25.1 Å². The van der Waals surface area contributed by atoms with Crippen LogP contribution in [0.5, 0.6) is 0 Å². The molecular formula is C17H20F3N3O2. The topological polar surface area (TPSA) is 77.2 Å². The fraction of sp³-hybridized carbons (Fsp3) is 0.471. The summed E-state index contributed by atoms with van der Waals surface area (Å²) in [7, 11) is 0. The summed E-state index contributed by atoms with van der Waals surface area (Å²) >= 11 is 0. The molecule has 2 heterocycles. The van der Waals surface area contributed by atoms with Crippen molar-refractivity contribution in [3.05, 3.63) is 35.5 Å². The Morgan fingerprint density at radius 2 is 2.04 bits per heavy atom. The molecule has 1 aliphatic rings. The Hall–Kier alpha value is -2.06. The average Bonchev–Trinajstić information content (AvgIpc) is 3.12. The zero-order valence-electron chi connectivity index (χ0n) is 13.5. The molecule has 1 aliphatic heterocycles. The number of fused-ring (bicyclic) bond motifs is 1. The van der Waals surface area contributed by atoms with Gasteiger partial charge < -0.3 is 20.7 Å². The molecule has 0 bridgehead atoms. The van der Waals surface area contributed by atoms with Crippen LogP contribution in [0.1, 0.15) is 17.7 Å². The number of carbonyl (C=O) groups is 1. The second-order valence-electron chi connectivity index (χ2n) is 6.31. The SMILES string of the molecule is O=C(C[C@@H]1CNC[C@H]1O)NCCc1c(C(F)(F)F)[nH]c2ccccc12. The number of amides is 1. The van der Waals surface area contributed by atoms with Gasteiger partial charge in [-0.25, -0.2) is 0 Å². The number of aliphatic hydroxyl groups excluding tert-OH is 1. The van der Waals surface area contributed by atoms with E-state index in [-0.39, 0.29) is 36.8 Å². The molecule has 5 nitrogen and oxygen atoms in total. The van der Waals surface area contributed by atoms with Crippen LogP contribution >= 0.6 is 0 Å². The first-order valence-electron chi connectivity index (χ1n) is 8.18. The fourth-order valence-electron chi connectivity index (χ4n) is 3.27. The van der Waals surface area contributed by atoms with Crippen LogP contribution in [0.2, 0.25) is 0 Å². The highest BCUT2D eigenvalue weighted by Gasteiger charge is 2.36. The van der Waals surface area contributed by atoms with Crippen molar-refractivity contribution < 1.29 is 23.1 Å². The Bertz CT molecular complexity index is 757. The summed E-state index contributed by atoms with van der Waals surface area (Å²) < 4.78 is 39.7. The predicted molar refractivity (Wildman–Crippen MR) is 87.0 cm³/mol. The smallest absolute Gasteiger partial charge is 0.391 e. The highest BCUT2D eigenvalue weighted by molar-refractivity contribution is 5.85. The normalized spacial score (nSPS) is 21.0. The van der Waals surface area contributed by atoms with Gasteiger partial charge in [-0.2, -0.15) is 13.2 Å². The molecule has 1 aromatic carbocycles. The summed E-state index contributed by atoms with van der Waals surface area (Å²) in [5.74, 6) is -0.417. The minimum absolute atomic E-state index is 0.0794. The maximum Gasteiger partial charge on any atom is 0.431 e. The first-order chi connectivity index (χ1) is 11.9. The fourth-order valence-corrected chi connectivity index (χ4v) is 3.27. The number of alkyl halides is 3. The van der Waals surface area contributed by atoms with Crippen LogP contribution in [0.15, 0.2) is 24.3 Å². The molecule has 0 saturated carbocycles. The highest BCUT2D eigenvalue weighted by atomic mass is 19.4. The lowest BCUT2D eigenvalue weighted by Gasteiger charge is -2.13. The molecule has 1 amide bonds. The van der Waals surface area contributed by atoms with E-state index < -0.39 is 18.0 Å². The van der Waals surface area contributed by atoms with Crippen molar-refractivity contribution in [1.29, 1.82) is 0 Å². The number of aliphatic hydroxyl groups is 1. The molecule has 1 aromatic heterocycles. The number of hydrogen-bond donors (Lipinski definition) is 4. The lowest BCUT2D eigenvalue weighted by atomic mass is 10.0. The second kappa shape index (κ2) is 7.05. The van der Waals surface area contributed by atoms with E-state index in [4.69, 9.17) is 0 Å². The van der Waals surface area contributed by atoms with E-state index >= 15 is 0 Å². The number of aromatic amines is 1. The molecule has 0 radical (unpaired) electrons. The molecule has 8 heteroatoms. The van der Waals surface area contributed by atoms with E-state index in [2.05, 4.69) is 15.6 Å². The second-order valence-corrected chi connectivity index (χ2v) is 6.31. The van der Waals surface area contributed by atoms with E-state index in [0.717, 1.165) is 0 Å². The van der Waals surface area contributed by atoms with Gasteiger partial charge in [-0.1, -0.05) is 18.2 Å². The standard InChI is InChI=1S/C17H20F3N3O2/c18-17(19,20)16-12(11-3-1-2-4-13(11)23-16)5-6-22-15(25)7-10-8-21-9-14(10)24/h1-4,10,14,21,23-24H,5-9H2,(H,22,25)/t10-,14-/m1/s1. The van der Waals surface area contributed by atoms with E-state index in [1.807, 2.05) is 0 Å². The molecule has 0 unspecified atom stereocenters. The van der Waals surface area contributed by atoms with Crippen molar-refractivity contribution in [3.8, 4) is 0 Å². The van der Waals surface area contributed by atoms with Crippen LogP contribution < -0.4 is 10.6 Å². The van der Waals surface area contributed by atoms with Crippen LogP contribution in [-0.2, 0) is 17.4 Å². The van der Waals surface area contributed by atoms with Gasteiger partial charge in [0.1, 0.15) is 5.69 Å². The van der Waals surface area contributed by atoms with E-state index in [0.29, 0.717) is 24.0 Å². The maximum atomic E-state index is 13.2. The van der Waals surface area contributed by atoms with E-state index in [1.54, 1.807) is 24.3 Å². The molecule has 1 saturated heterocycles. The van der Waals surface area contributed by atoms with Crippen LogP contribution in [0, 0.1) is 5.92 Å². The monoisotopic (exact) mass is 355 g/mol. The summed E-state index contributed by atoms with van der Waals surface area (Å²) in [6, 6.07) is 6.60. The van der Waals surface area contributed by atoms with Crippen LogP contribution in [0.25, 0.3) is 10.9 Å². The van der Waals surface area contributed by atoms with Gasteiger partial charge >= 0.3 is 6.18 Å². The van der Waals surface area contributed by atoms with Gasteiger partial charge in [0.05, 0.1) is 6.10 Å². The van der Waals surface area contributed by atoms with Crippen molar-refractivity contribution in [2.24, 2.45) is 5.92 Å². The number of carbonyl (C=O) groups excluding carboxylic acids is 1. The van der Waals surface area contributed by atoms with Crippen molar-refractivity contribution in [2.75, 3.05) is 19.6 Å². The Labute approximate surface area is 142 Å². The van der Waals surface area contributed by atoms with Crippen molar-refractivity contribution >= 4 is 16.8 Å². The van der Waals surface area contributed by atoms with Crippen LogP contribution in [-0.4, -0.2) is 41.7 Å². The first-order valence-corrected chi connectivity index (χ1v) is 8.18. The molecule has 25 heavy (non-hydrogen) atoms. The Kier molecular flexibility index (Phi) is 5.01. The van der Waals surface area contributed by atoms with Gasteiger partial charge in [0.15, 0.2) is 0 Å². The minimum atomic E-state index is -4.47. The quantitative estimate of drug-likeness (QED) is 0.661. The number of H-pyrrole nitrogens is 1. The third-order valence-electron chi connectivity index (χ3n) is 4.55. The number of aromatic nitrogens is 1. The van der Waals surface area contributed by atoms with Crippen LogP contribution in [0.4, 0.5) is 13.2 Å². The molecule has 0 aliphatic carbocycles. The van der Waals surface area contributed by atoms with E-state index in [1.165, 1.54) is 0 Å². The number of para-hydroxylation sites is 1. The number of rotatable bonds is 5. The summed E-state index contributed by atoms with van der Waals surface area (Å²) in [4.78, 5) is 14.4. The Morgan fingerprint density at radius 3 is 2.72 bits per heavy atom. The maximum absolute atomic E-state index is 13.2. The molecule has 4 N–H and O–H groups in total. The lowest BCUT2D eigenvalue weighted by Crippen LogP contribution is -2.31. The molecule has 2 aromatic rings. The number of nitrogens with one attached hydrogen (secondary N) is 3. The van der Waals surface area contributed by atoms with Gasteiger partial charge in [-0.05, 0) is 18.1 Å². The number of hydrogen-bond acceptors (Lipinski definition) is 3. The van der Waals surface area contributed by atoms with Gasteiger partial charge in [-0.3, -0.25) is 4.79 Å². The van der Waals surface area contributed by atoms with Crippen LogP contribution in [0.3, 0.4) is 0 Å². The third kappa shape index (κ3) is 3.96. The van der Waals surface area contributed by atoms with Gasteiger partial charge in [-0.15, -0.1) is 0 Å². The summed E-state index contributed by atoms with van der Waals surface area (Å²) in [5.41, 5.74) is -0.180. The zero-order valence-corrected chi connectivity index (χ0v) is 13.5. The minimum Gasteiger partial charge on any atom is -0.391 e. The first kappa shape index (κ1) is 17.8. The zero-order chi connectivity index (χ0) is 18.0. The van der Waals surface area contributed by atoms with E-state index in [9.17, 15) is 23.1 Å². The van der Waals surface area contributed by atoms with Gasteiger partial charge in [0.2, 0.25) is 5.91 Å². The molecular weight excluding hydrogens is 335 g/mol. The molecule has 2 atom stereocenters. The highest BCUT2D eigenvalue weighted by Crippen LogP contribution is 2.35. The largest absolute Gasteiger partial charge is 0.431 e. The summed E-state index contributed by atoms with van der Waals surface area (Å²) in [5, 5.41) is 15.8. The van der Waals surface area contributed by atoms with Gasteiger partial charge in [0.25, 0.3) is 0 Å². The van der Waals surface area contributed by atoms with Crippen molar-refractivity contribution in [3.63, 3.8) is 0 Å². The predicted octanol–water partition coefficient (Wildman–Crippen LogP) is 1.82. The molecule has 0 spiro atoms. The molecule has 136 valence electrons. The number of halogens is 3. The molecule has 1 fully saturated rings. The summed E-state index contributed by atoms with van der Waals surface area (Å²) in [6.07, 6.45) is -4.79. The number of β-amino-alcohol motifs (C(OH)–C–C–N with tert-alkyl or cyclic N) is 1. The average molecular weight is 355 g/mol. The summed E-state index contributed by atoms with van der Waals surface area (Å²) in [6.45, 7) is 1.14. The Morgan fingerprint density at radius 1 is 1.28 bits per heavy atom.